The molecule has 0 radical (unpaired) electrons. The molecule has 2 N–H and O–H groups in total. The summed E-state index contributed by atoms with van der Waals surface area (Å²) in [5, 5.41) is 8.56. The first-order valence-electron chi connectivity index (χ1n) is 7.47. The van der Waals surface area contributed by atoms with Gasteiger partial charge >= 0.3 is 0 Å². The summed E-state index contributed by atoms with van der Waals surface area (Å²) in [6, 6.07) is 0.363. The molecule has 20 heavy (non-hydrogen) atoms. The van der Waals surface area contributed by atoms with Crippen molar-refractivity contribution in [3.63, 3.8) is 0 Å². The quantitative estimate of drug-likeness (QED) is 0.876. The van der Waals surface area contributed by atoms with E-state index in [1.165, 1.54) is 12.8 Å². The van der Waals surface area contributed by atoms with E-state index in [4.69, 9.17) is 10.5 Å². The van der Waals surface area contributed by atoms with Gasteiger partial charge in [-0.1, -0.05) is 5.21 Å². The Morgan fingerprint density at radius 3 is 2.70 bits per heavy atom. The highest BCUT2D eigenvalue weighted by Crippen LogP contribution is 2.41. The molecule has 1 aliphatic carbocycles. The van der Waals surface area contributed by atoms with Gasteiger partial charge in [0, 0.05) is 19.1 Å². The SMILES string of the molecule is CC(C1CC1)n1nnc(CC(N)=O)c1C1CCOCC1. The number of nitrogens with zero attached hydrogens (tertiary/aromatic N) is 3. The molecule has 1 atom stereocenters. The lowest BCUT2D eigenvalue weighted by molar-refractivity contribution is -0.117. The maximum atomic E-state index is 11.2. The van der Waals surface area contributed by atoms with Crippen molar-refractivity contribution in [2.75, 3.05) is 13.2 Å². The number of carbonyl (C=O) groups is 1. The number of hydrogen-bond acceptors (Lipinski definition) is 4. The molecule has 110 valence electrons. The Morgan fingerprint density at radius 1 is 1.40 bits per heavy atom. The molecular formula is C14H22N4O2. The van der Waals surface area contributed by atoms with Crippen molar-refractivity contribution >= 4 is 5.91 Å². The van der Waals surface area contributed by atoms with Crippen LogP contribution in [0, 0.1) is 5.92 Å². The monoisotopic (exact) mass is 278 g/mol. The molecule has 2 heterocycles. The standard InChI is InChI=1S/C14H22N4O2/c1-9(10-2-3-10)18-14(11-4-6-20-7-5-11)12(16-17-18)8-13(15)19/h9-11H,2-8H2,1H3,(H2,15,19). The van der Waals surface area contributed by atoms with E-state index in [9.17, 15) is 4.79 Å². The zero-order valence-electron chi connectivity index (χ0n) is 11.9. The fourth-order valence-corrected chi connectivity index (χ4v) is 3.10. The predicted molar refractivity (Wildman–Crippen MR) is 73.1 cm³/mol. The van der Waals surface area contributed by atoms with Crippen LogP contribution in [-0.4, -0.2) is 34.1 Å². The molecule has 1 saturated heterocycles. The van der Waals surface area contributed by atoms with Crippen LogP contribution in [0.25, 0.3) is 0 Å². The molecule has 1 aromatic rings. The van der Waals surface area contributed by atoms with Crippen molar-refractivity contribution in [1.29, 1.82) is 0 Å². The highest BCUT2D eigenvalue weighted by molar-refractivity contribution is 5.76. The first-order valence-corrected chi connectivity index (χ1v) is 7.47. The van der Waals surface area contributed by atoms with Crippen LogP contribution >= 0.6 is 0 Å². The van der Waals surface area contributed by atoms with Gasteiger partial charge in [0.25, 0.3) is 0 Å². The second kappa shape index (κ2) is 5.52. The highest BCUT2D eigenvalue weighted by atomic mass is 16.5. The lowest BCUT2D eigenvalue weighted by Crippen LogP contribution is -2.23. The van der Waals surface area contributed by atoms with Crippen LogP contribution < -0.4 is 5.73 Å². The number of ether oxygens (including phenoxy) is 1. The van der Waals surface area contributed by atoms with Crippen molar-refractivity contribution in [1.82, 2.24) is 15.0 Å². The van der Waals surface area contributed by atoms with Crippen molar-refractivity contribution in [2.24, 2.45) is 11.7 Å². The van der Waals surface area contributed by atoms with Crippen LogP contribution in [0.2, 0.25) is 0 Å². The number of rotatable bonds is 5. The van der Waals surface area contributed by atoms with Crippen molar-refractivity contribution in [3.8, 4) is 0 Å². The van der Waals surface area contributed by atoms with Gasteiger partial charge in [0.2, 0.25) is 5.91 Å². The maximum Gasteiger partial charge on any atom is 0.223 e. The first-order chi connectivity index (χ1) is 9.66. The molecule has 0 bridgehead atoms. The van der Waals surface area contributed by atoms with Gasteiger partial charge < -0.3 is 10.5 Å². The average molecular weight is 278 g/mol. The summed E-state index contributed by atoms with van der Waals surface area (Å²) in [6.45, 7) is 3.73. The van der Waals surface area contributed by atoms with Crippen molar-refractivity contribution < 1.29 is 9.53 Å². The highest BCUT2D eigenvalue weighted by Gasteiger charge is 2.34. The van der Waals surface area contributed by atoms with E-state index in [0.29, 0.717) is 17.9 Å². The molecular weight excluding hydrogens is 256 g/mol. The molecule has 6 heteroatoms. The smallest absolute Gasteiger partial charge is 0.223 e. The van der Waals surface area contributed by atoms with Crippen LogP contribution in [0.3, 0.4) is 0 Å². The Hall–Kier alpha value is -1.43. The Morgan fingerprint density at radius 2 is 2.10 bits per heavy atom. The zero-order chi connectivity index (χ0) is 14.1. The molecule has 3 rings (SSSR count). The van der Waals surface area contributed by atoms with Gasteiger partial charge in [0.05, 0.1) is 23.9 Å². The fourth-order valence-electron chi connectivity index (χ4n) is 3.10. The summed E-state index contributed by atoms with van der Waals surface area (Å²) in [5.74, 6) is 0.746. The van der Waals surface area contributed by atoms with E-state index in [-0.39, 0.29) is 12.3 Å². The summed E-state index contributed by atoms with van der Waals surface area (Å²) in [4.78, 5) is 11.2. The minimum absolute atomic E-state index is 0.185. The average Bonchev–Trinajstić information content (AvgIpc) is 3.20. The van der Waals surface area contributed by atoms with Crippen LogP contribution in [-0.2, 0) is 16.0 Å². The molecule has 2 fully saturated rings. The Kier molecular flexibility index (Phi) is 3.74. The molecule has 1 saturated carbocycles. The molecule has 0 spiro atoms. The first kappa shape index (κ1) is 13.5. The number of aromatic nitrogens is 3. The largest absolute Gasteiger partial charge is 0.381 e. The third-order valence-electron chi connectivity index (χ3n) is 4.44. The number of carbonyl (C=O) groups excluding carboxylic acids is 1. The molecule has 1 aliphatic heterocycles. The minimum Gasteiger partial charge on any atom is -0.381 e. The normalized spacial score (nSPS) is 21.9. The van der Waals surface area contributed by atoms with Gasteiger partial charge in [0.15, 0.2) is 0 Å². The number of primary amides is 1. The van der Waals surface area contributed by atoms with E-state index in [0.717, 1.165) is 37.4 Å². The molecule has 0 aromatic carbocycles. The summed E-state index contributed by atoms with van der Waals surface area (Å²) >= 11 is 0. The topological polar surface area (TPSA) is 83.0 Å². The lowest BCUT2D eigenvalue weighted by atomic mass is 9.93. The van der Waals surface area contributed by atoms with Crippen molar-refractivity contribution in [3.05, 3.63) is 11.4 Å². The van der Waals surface area contributed by atoms with E-state index in [2.05, 4.69) is 17.2 Å². The Labute approximate surface area is 118 Å². The maximum absolute atomic E-state index is 11.2. The van der Waals surface area contributed by atoms with Crippen molar-refractivity contribution in [2.45, 2.75) is 51.0 Å². The lowest BCUT2D eigenvalue weighted by Gasteiger charge is -2.25. The molecule has 1 amide bonds. The van der Waals surface area contributed by atoms with E-state index in [1.54, 1.807) is 0 Å². The van der Waals surface area contributed by atoms with Crippen LogP contribution in [0.1, 0.15) is 56.0 Å². The van der Waals surface area contributed by atoms with Crippen LogP contribution in [0.15, 0.2) is 0 Å². The number of nitrogens with two attached hydrogens (primary N) is 1. The fraction of sp³-hybridized carbons (Fsp3) is 0.786. The summed E-state index contributed by atoms with van der Waals surface area (Å²) < 4.78 is 7.48. The van der Waals surface area contributed by atoms with Crippen LogP contribution in [0.5, 0.6) is 0 Å². The molecule has 1 unspecified atom stereocenters. The predicted octanol–water partition coefficient (Wildman–Crippen LogP) is 1.17. The van der Waals surface area contributed by atoms with E-state index < -0.39 is 0 Å². The second-order valence-electron chi connectivity index (χ2n) is 5.97. The third-order valence-corrected chi connectivity index (χ3v) is 4.44. The molecule has 6 nitrogen and oxygen atoms in total. The zero-order valence-corrected chi connectivity index (χ0v) is 11.9. The van der Waals surface area contributed by atoms with E-state index >= 15 is 0 Å². The van der Waals surface area contributed by atoms with Gasteiger partial charge in [-0.2, -0.15) is 0 Å². The second-order valence-corrected chi connectivity index (χ2v) is 5.97. The summed E-state index contributed by atoms with van der Waals surface area (Å²) in [7, 11) is 0. The van der Waals surface area contributed by atoms with Gasteiger partial charge in [-0.3, -0.25) is 4.79 Å². The Balaban J connectivity index is 1.91. The number of amides is 1. The summed E-state index contributed by atoms with van der Waals surface area (Å²) in [6.07, 6.45) is 4.65. The third kappa shape index (κ3) is 2.70. The van der Waals surface area contributed by atoms with Gasteiger partial charge in [-0.15, -0.1) is 5.10 Å². The van der Waals surface area contributed by atoms with Crippen LogP contribution in [0.4, 0.5) is 0 Å². The van der Waals surface area contributed by atoms with Gasteiger partial charge in [0.1, 0.15) is 0 Å². The summed E-state index contributed by atoms with van der Waals surface area (Å²) in [5.41, 5.74) is 7.22. The van der Waals surface area contributed by atoms with Gasteiger partial charge in [-0.05, 0) is 38.5 Å². The number of hydrogen-bond donors (Lipinski definition) is 1. The minimum atomic E-state index is -0.343. The Bertz CT molecular complexity index is 489. The molecule has 2 aliphatic rings. The molecule has 1 aromatic heterocycles. The van der Waals surface area contributed by atoms with E-state index in [1.807, 2.05) is 4.68 Å². The van der Waals surface area contributed by atoms with Gasteiger partial charge in [-0.25, -0.2) is 4.68 Å².